The zero-order chi connectivity index (χ0) is 17.8. The molecule has 3 aromatic rings. The number of amides is 1. The quantitative estimate of drug-likeness (QED) is 0.713. The number of hydrogen-bond donors (Lipinski definition) is 1. The van der Waals surface area contributed by atoms with Crippen LogP contribution in [-0.2, 0) is 11.3 Å². The highest BCUT2D eigenvalue weighted by molar-refractivity contribution is 7.13. The molecule has 1 unspecified atom stereocenters. The Morgan fingerprint density at radius 1 is 1.36 bits per heavy atom. The van der Waals surface area contributed by atoms with Gasteiger partial charge < -0.3 is 9.73 Å². The third-order valence-electron chi connectivity index (χ3n) is 3.65. The summed E-state index contributed by atoms with van der Waals surface area (Å²) in [5.74, 6) is -0.745. The Hall–Kier alpha value is -2.38. The topological polar surface area (TPSA) is 77.1 Å². The maximum absolute atomic E-state index is 12.3. The van der Waals surface area contributed by atoms with Crippen molar-refractivity contribution in [2.24, 2.45) is 0 Å². The van der Waals surface area contributed by atoms with Gasteiger partial charge in [-0.2, -0.15) is 4.68 Å². The standard InChI is InChI=1S/C17H16ClN3O3S/c1-2-13(11-5-7-12(18)8-6-11)19-15(22)10-21-17(23)24-16(20-21)14-4-3-9-25-14/h3-9,13H,2,10H2,1H3,(H,19,22). The first-order valence-corrected chi connectivity index (χ1v) is 8.99. The van der Waals surface area contributed by atoms with Crippen LogP contribution in [-0.4, -0.2) is 15.7 Å². The van der Waals surface area contributed by atoms with Crippen LogP contribution in [0.15, 0.2) is 51.0 Å². The van der Waals surface area contributed by atoms with Gasteiger partial charge >= 0.3 is 5.76 Å². The van der Waals surface area contributed by atoms with Crippen molar-refractivity contribution in [3.8, 4) is 10.8 Å². The fraction of sp³-hybridized carbons (Fsp3) is 0.235. The number of benzene rings is 1. The Labute approximate surface area is 153 Å². The van der Waals surface area contributed by atoms with E-state index >= 15 is 0 Å². The van der Waals surface area contributed by atoms with Gasteiger partial charge in [0.2, 0.25) is 5.91 Å². The van der Waals surface area contributed by atoms with Gasteiger partial charge in [0.25, 0.3) is 5.89 Å². The van der Waals surface area contributed by atoms with Crippen LogP contribution in [0.1, 0.15) is 24.9 Å². The zero-order valence-electron chi connectivity index (χ0n) is 13.4. The van der Waals surface area contributed by atoms with Crippen molar-refractivity contribution >= 4 is 28.8 Å². The lowest BCUT2D eigenvalue weighted by atomic mass is 10.0. The van der Waals surface area contributed by atoms with Crippen LogP contribution in [0.5, 0.6) is 0 Å². The molecule has 1 atom stereocenters. The van der Waals surface area contributed by atoms with Gasteiger partial charge in [0.1, 0.15) is 6.54 Å². The number of nitrogens with one attached hydrogen (secondary N) is 1. The summed E-state index contributed by atoms with van der Waals surface area (Å²) in [6, 6.07) is 10.8. The fourth-order valence-corrected chi connectivity index (χ4v) is 3.17. The molecular formula is C17H16ClN3O3S. The second kappa shape index (κ2) is 7.67. The number of hydrogen-bond acceptors (Lipinski definition) is 5. The molecule has 0 radical (unpaired) electrons. The summed E-state index contributed by atoms with van der Waals surface area (Å²) in [7, 11) is 0. The summed E-state index contributed by atoms with van der Waals surface area (Å²) in [5, 5.41) is 9.48. The van der Waals surface area contributed by atoms with Crippen molar-refractivity contribution < 1.29 is 9.21 Å². The zero-order valence-corrected chi connectivity index (χ0v) is 15.0. The van der Waals surface area contributed by atoms with Gasteiger partial charge in [0.05, 0.1) is 10.9 Å². The molecular weight excluding hydrogens is 362 g/mol. The molecule has 0 spiro atoms. The average molecular weight is 378 g/mol. The van der Waals surface area contributed by atoms with E-state index in [1.807, 2.05) is 30.5 Å². The van der Waals surface area contributed by atoms with Crippen molar-refractivity contribution in [1.82, 2.24) is 15.1 Å². The van der Waals surface area contributed by atoms with E-state index in [1.54, 1.807) is 18.2 Å². The normalized spacial score (nSPS) is 12.1. The van der Waals surface area contributed by atoms with Crippen molar-refractivity contribution in [2.75, 3.05) is 0 Å². The van der Waals surface area contributed by atoms with Crippen LogP contribution in [0.3, 0.4) is 0 Å². The molecule has 0 aliphatic heterocycles. The van der Waals surface area contributed by atoms with Crippen LogP contribution in [0.25, 0.3) is 10.8 Å². The van der Waals surface area contributed by atoms with Crippen LogP contribution >= 0.6 is 22.9 Å². The first kappa shape index (κ1) is 17.4. The molecule has 2 aromatic heterocycles. The molecule has 0 aliphatic carbocycles. The van der Waals surface area contributed by atoms with E-state index in [0.717, 1.165) is 15.1 Å². The molecule has 0 saturated carbocycles. The van der Waals surface area contributed by atoms with Crippen molar-refractivity contribution in [3.63, 3.8) is 0 Å². The Kier molecular flexibility index (Phi) is 5.35. The molecule has 130 valence electrons. The Morgan fingerprint density at radius 2 is 2.12 bits per heavy atom. The number of rotatable bonds is 6. The largest absolute Gasteiger partial charge is 0.437 e. The number of thiophene rings is 1. The Bertz CT molecular complexity index is 900. The Morgan fingerprint density at radius 3 is 2.76 bits per heavy atom. The van der Waals surface area contributed by atoms with Gasteiger partial charge in [-0.05, 0) is 35.6 Å². The molecule has 1 N–H and O–H groups in total. The number of aromatic nitrogens is 2. The van der Waals surface area contributed by atoms with Crippen molar-refractivity contribution in [2.45, 2.75) is 25.9 Å². The molecule has 0 saturated heterocycles. The predicted molar refractivity (Wildman–Crippen MR) is 96.7 cm³/mol. The molecule has 1 amide bonds. The highest BCUT2D eigenvalue weighted by Gasteiger charge is 2.17. The average Bonchev–Trinajstić information content (AvgIpc) is 3.24. The molecule has 25 heavy (non-hydrogen) atoms. The minimum absolute atomic E-state index is 0.163. The number of halogens is 1. The van der Waals surface area contributed by atoms with E-state index in [1.165, 1.54) is 11.3 Å². The fourth-order valence-electron chi connectivity index (χ4n) is 2.40. The minimum Gasteiger partial charge on any atom is -0.387 e. The van der Waals surface area contributed by atoms with Crippen LogP contribution < -0.4 is 11.1 Å². The van der Waals surface area contributed by atoms with Crippen LogP contribution in [0.4, 0.5) is 0 Å². The van der Waals surface area contributed by atoms with Crippen molar-refractivity contribution in [3.05, 3.63) is 62.9 Å². The summed E-state index contributed by atoms with van der Waals surface area (Å²) in [5.41, 5.74) is 0.951. The molecule has 2 heterocycles. The van der Waals surface area contributed by atoms with E-state index in [2.05, 4.69) is 10.4 Å². The molecule has 3 rings (SSSR count). The number of carbonyl (C=O) groups excluding carboxylic acids is 1. The van der Waals surface area contributed by atoms with Crippen molar-refractivity contribution in [1.29, 1.82) is 0 Å². The second-order valence-corrected chi connectivity index (χ2v) is 6.77. The lowest BCUT2D eigenvalue weighted by Crippen LogP contribution is -2.34. The highest BCUT2D eigenvalue weighted by Crippen LogP contribution is 2.21. The number of nitrogens with zero attached hydrogens (tertiary/aromatic N) is 2. The smallest absolute Gasteiger partial charge is 0.387 e. The number of carbonyl (C=O) groups is 1. The second-order valence-electron chi connectivity index (χ2n) is 5.39. The van der Waals surface area contributed by atoms with Gasteiger partial charge in [0, 0.05) is 5.02 Å². The van der Waals surface area contributed by atoms with Gasteiger partial charge in [-0.1, -0.05) is 36.7 Å². The highest BCUT2D eigenvalue weighted by atomic mass is 35.5. The summed E-state index contributed by atoms with van der Waals surface area (Å²) < 4.78 is 6.13. The summed E-state index contributed by atoms with van der Waals surface area (Å²) in [6.07, 6.45) is 0.710. The molecule has 6 nitrogen and oxygen atoms in total. The lowest BCUT2D eigenvalue weighted by Gasteiger charge is -2.17. The monoisotopic (exact) mass is 377 g/mol. The van der Waals surface area contributed by atoms with Gasteiger partial charge in [-0.15, -0.1) is 16.4 Å². The van der Waals surface area contributed by atoms with Gasteiger partial charge in [0.15, 0.2) is 0 Å². The van der Waals surface area contributed by atoms with Crippen LogP contribution in [0.2, 0.25) is 5.02 Å². The van der Waals surface area contributed by atoms with Gasteiger partial charge in [-0.25, -0.2) is 4.79 Å². The van der Waals surface area contributed by atoms with E-state index in [9.17, 15) is 9.59 Å². The predicted octanol–water partition coefficient (Wildman–Crippen LogP) is 3.49. The molecule has 0 bridgehead atoms. The SMILES string of the molecule is CCC(NC(=O)Cn1nc(-c2cccs2)oc1=O)c1ccc(Cl)cc1. The van der Waals surface area contributed by atoms with E-state index in [4.69, 9.17) is 16.0 Å². The van der Waals surface area contributed by atoms with E-state index in [0.29, 0.717) is 11.4 Å². The summed E-state index contributed by atoms with van der Waals surface area (Å²) in [6.45, 7) is 1.77. The van der Waals surface area contributed by atoms with E-state index in [-0.39, 0.29) is 24.4 Å². The molecule has 0 fully saturated rings. The molecule has 0 aliphatic rings. The van der Waals surface area contributed by atoms with E-state index < -0.39 is 5.76 Å². The lowest BCUT2D eigenvalue weighted by molar-refractivity contribution is -0.122. The summed E-state index contributed by atoms with van der Waals surface area (Å²) >= 11 is 7.30. The Balaban J connectivity index is 1.69. The summed E-state index contributed by atoms with van der Waals surface area (Å²) in [4.78, 5) is 24.9. The van der Waals surface area contributed by atoms with Crippen LogP contribution in [0, 0.1) is 0 Å². The first-order valence-electron chi connectivity index (χ1n) is 7.73. The maximum Gasteiger partial charge on any atom is 0.437 e. The third-order valence-corrected chi connectivity index (χ3v) is 4.76. The maximum atomic E-state index is 12.3. The minimum atomic E-state index is -0.655. The van der Waals surface area contributed by atoms with Gasteiger partial charge in [-0.3, -0.25) is 4.79 Å². The molecule has 8 heteroatoms. The third kappa shape index (κ3) is 4.18. The first-order chi connectivity index (χ1) is 12.1. The molecule has 1 aromatic carbocycles.